The molecule has 0 amide bonds. The Hall–Kier alpha value is -0.680. The third kappa shape index (κ3) is 3.01. The van der Waals surface area contributed by atoms with E-state index in [1.807, 2.05) is 0 Å². The van der Waals surface area contributed by atoms with E-state index in [2.05, 4.69) is 35.0 Å². The number of hydrogen-bond donors (Lipinski definition) is 0. The number of piperidine rings is 1. The summed E-state index contributed by atoms with van der Waals surface area (Å²) in [4.78, 5) is 7.07. The molecule has 0 aromatic carbocycles. The number of nitrogens with zero attached hydrogens (tertiary/aromatic N) is 3. The van der Waals surface area contributed by atoms with Crippen LogP contribution in [-0.2, 0) is 11.2 Å². The fraction of sp³-hybridized carbons (Fsp3) is 0.846. The Morgan fingerprint density at radius 3 is 2.89 bits per heavy atom. The highest BCUT2D eigenvalue weighted by atomic mass is 32.1. The molecule has 0 saturated carbocycles. The van der Waals surface area contributed by atoms with E-state index in [-0.39, 0.29) is 0 Å². The van der Waals surface area contributed by atoms with E-state index in [1.165, 1.54) is 18.0 Å². The second kappa shape index (κ2) is 5.97. The molecule has 0 spiro atoms. The van der Waals surface area contributed by atoms with E-state index in [9.17, 15) is 0 Å². The quantitative estimate of drug-likeness (QED) is 0.842. The summed E-state index contributed by atoms with van der Waals surface area (Å²) in [7, 11) is 1.71. The molecule has 3 atom stereocenters. The van der Waals surface area contributed by atoms with Crippen molar-refractivity contribution in [3.63, 3.8) is 0 Å². The van der Waals surface area contributed by atoms with Gasteiger partial charge >= 0.3 is 0 Å². The van der Waals surface area contributed by atoms with Crippen LogP contribution in [0.5, 0.6) is 0 Å². The summed E-state index contributed by atoms with van der Waals surface area (Å²) in [5.74, 6) is 2.37. The van der Waals surface area contributed by atoms with Crippen LogP contribution in [0.1, 0.15) is 33.0 Å². The molecular formula is C13H23N3OS. The number of ether oxygens (including phenoxy) is 1. The second-order valence-corrected chi connectivity index (χ2v) is 6.18. The lowest BCUT2D eigenvalue weighted by atomic mass is 9.86. The van der Waals surface area contributed by atoms with Crippen LogP contribution in [0.15, 0.2) is 0 Å². The maximum atomic E-state index is 5.07. The van der Waals surface area contributed by atoms with Crippen LogP contribution in [0, 0.1) is 11.8 Å². The molecule has 1 aliphatic heterocycles. The number of methoxy groups -OCH3 is 1. The standard InChI is InChI=1S/C13H23N3OS/c1-9-7-10(2)11(3)16(8-9)13-14-12(15-18-13)5-6-17-4/h9-11H,5-8H2,1-4H3. The van der Waals surface area contributed by atoms with Gasteiger partial charge in [-0.15, -0.1) is 0 Å². The topological polar surface area (TPSA) is 38.2 Å². The summed E-state index contributed by atoms with van der Waals surface area (Å²) in [5, 5.41) is 1.08. The van der Waals surface area contributed by atoms with Crippen LogP contribution in [-0.4, -0.2) is 35.7 Å². The SMILES string of the molecule is COCCc1nsc(N2CC(C)CC(C)C2C)n1. The van der Waals surface area contributed by atoms with E-state index in [4.69, 9.17) is 4.74 Å². The zero-order chi connectivity index (χ0) is 13.1. The van der Waals surface area contributed by atoms with Crippen LogP contribution in [0.4, 0.5) is 5.13 Å². The van der Waals surface area contributed by atoms with Crippen molar-refractivity contribution in [3.8, 4) is 0 Å². The maximum Gasteiger partial charge on any atom is 0.205 e. The minimum atomic E-state index is 0.560. The van der Waals surface area contributed by atoms with Crippen LogP contribution in [0.2, 0.25) is 0 Å². The molecular weight excluding hydrogens is 246 g/mol. The first kappa shape index (κ1) is 13.7. The zero-order valence-corrected chi connectivity index (χ0v) is 12.5. The molecule has 1 saturated heterocycles. The first-order chi connectivity index (χ1) is 8.61. The number of hydrogen-bond acceptors (Lipinski definition) is 5. The van der Waals surface area contributed by atoms with Crippen molar-refractivity contribution in [2.75, 3.05) is 25.2 Å². The van der Waals surface area contributed by atoms with E-state index < -0.39 is 0 Å². The van der Waals surface area contributed by atoms with E-state index in [0.29, 0.717) is 12.6 Å². The third-order valence-corrected chi connectivity index (χ3v) is 4.62. The summed E-state index contributed by atoms with van der Waals surface area (Å²) in [5.41, 5.74) is 0. The Labute approximate surface area is 114 Å². The molecule has 1 fully saturated rings. The van der Waals surface area contributed by atoms with Crippen LogP contribution >= 0.6 is 11.5 Å². The Morgan fingerprint density at radius 2 is 2.17 bits per heavy atom. The van der Waals surface area contributed by atoms with Crippen LogP contribution in [0.25, 0.3) is 0 Å². The highest BCUT2D eigenvalue weighted by Gasteiger charge is 2.30. The van der Waals surface area contributed by atoms with E-state index >= 15 is 0 Å². The van der Waals surface area contributed by atoms with Crippen LogP contribution in [0.3, 0.4) is 0 Å². The molecule has 102 valence electrons. The molecule has 0 N–H and O–H groups in total. The van der Waals surface area contributed by atoms with Gasteiger partial charge in [-0.1, -0.05) is 13.8 Å². The monoisotopic (exact) mass is 269 g/mol. The second-order valence-electron chi connectivity index (χ2n) is 5.45. The van der Waals surface area contributed by atoms with Gasteiger partial charge in [0, 0.05) is 37.6 Å². The molecule has 1 aliphatic rings. The molecule has 0 aliphatic carbocycles. The summed E-state index contributed by atoms with van der Waals surface area (Å²) < 4.78 is 9.49. The number of aromatic nitrogens is 2. The van der Waals surface area contributed by atoms with Gasteiger partial charge in [0.25, 0.3) is 0 Å². The molecule has 0 radical (unpaired) electrons. The van der Waals surface area contributed by atoms with Gasteiger partial charge < -0.3 is 9.64 Å². The van der Waals surface area contributed by atoms with Gasteiger partial charge in [-0.05, 0) is 25.2 Å². The van der Waals surface area contributed by atoms with Crippen molar-refractivity contribution < 1.29 is 4.74 Å². The van der Waals surface area contributed by atoms with Gasteiger partial charge in [-0.25, -0.2) is 4.98 Å². The molecule has 2 heterocycles. The third-order valence-electron chi connectivity index (χ3n) is 3.83. The normalized spacial score (nSPS) is 28.7. The predicted molar refractivity (Wildman–Crippen MR) is 75.2 cm³/mol. The Bertz CT molecular complexity index is 382. The lowest BCUT2D eigenvalue weighted by molar-refractivity contribution is 0.201. The van der Waals surface area contributed by atoms with E-state index in [0.717, 1.165) is 35.8 Å². The fourth-order valence-electron chi connectivity index (χ4n) is 2.62. The molecule has 18 heavy (non-hydrogen) atoms. The van der Waals surface area contributed by atoms with Crippen molar-refractivity contribution in [1.29, 1.82) is 0 Å². The van der Waals surface area contributed by atoms with Crippen molar-refractivity contribution in [1.82, 2.24) is 9.36 Å². The smallest absolute Gasteiger partial charge is 0.205 e. The maximum absolute atomic E-state index is 5.07. The summed E-state index contributed by atoms with van der Waals surface area (Å²) in [6.07, 6.45) is 2.12. The number of anilines is 1. The molecule has 5 heteroatoms. The Kier molecular flexibility index (Phi) is 4.56. The lowest BCUT2D eigenvalue weighted by Crippen LogP contribution is -2.45. The predicted octanol–water partition coefficient (Wildman–Crippen LogP) is 2.60. The minimum Gasteiger partial charge on any atom is -0.384 e. The van der Waals surface area contributed by atoms with Gasteiger partial charge in [-0.3, -0.25) is 0 Å². The highest BCUT2D eigenvalue weighted by molar-refractivity contribution is 7.09. The Balaban J connectivity index is 2.07. The zero-order valence-electron chi connectivity index (χ0n) is 11.7. The molecule has 3 unspecified atom stereocenters. The summed E-state index contributed by atoms with van der Waals surface area (Å²) in [6.45, 7) is 8.75. The van der Waals surface area contributed by atoms with Crippen molar-refractivity contribution in [3.05, 3.63) is 5.82 Å². The first-order valence-corrected chi connectivity index (χ1v) is 7.47. The molecule has 4 nitrogen and oxygen atoms in total. The summed E-state index contributed by atoms with van der Waals surface area (Å²) >= 11 is 1.52. The Morgan fingerprint density at radius 1 is 1.39 bits per heavy atom. The van der Waals surface area contributed by atoms with Crippen molar-refractivity contribution in [2.24, 2.45) is 11.8 Å². The lowest BCUT2D eigenvalue weighted by Gasteiger charge is -2.40. The molecule has 1 aromatic heterocycles. The van der Waals surface area contributed by atoms with Gasteiger partial charge in [0.15, 0.2) is 0 Å². The van der Waals surface area contributed by atoms with E-state index in [1.54, 1.807) is 7.11 Å². The summed E-state index contributed by atoms with van der Waals surface area (Å²) in [6, 6.07) is 0.560. The fourth-order valence-corrected chi connectivity index (χ4v) is 3.43. The van der Waals surface area contributed by atoms with Gasteiger partial charge in [0.1, 0.15) is 5.82 Å². The molecule has 0 bridgehead atoms. The average Bonchev–Trinajstić information content (AvgIpc) is 2.79. The first-order valence-electron chi connectivity index (χ1n) is 6.70. The van der Waals surface area contributed by atoms with Crippen molar-refractivity contribution in [2.45, 2.75) is 39.7 Å². The van der Waals surface area contributed by atoms with Gasteiger partial charge in [-0.2, -0.15) is 4.37 Å². The number of rotatable bonds is 4. The largest absolute Gasteiger partial charge is 0.384 e. The average molecular weight is 269 g/mol. The van der Waals surface area contributed by atoms with Gasteiger partial charge in [0.2, 0.25) is 5.13 Å². The minimum absolute atomic E-state index is 0.560. The molecule has 2 rings (SSSR count). The highest BCUT2D eigenvalue weighted by Crippen LogP contribution is 2.32. The van der Waals surface area contributed by atoms with Gasteiger partial charge in [0.05, 0.1) is 6.61 Å². The van der Waals surface area contributed by atoms with Crippen molar-refractivity contribution >= 4 is 16.7 Å². The molecule has 1 aromatic rings. The van der Waals surface area contributed by atoms with Crippen LogP contribution < -0.4 is 4.90 Å².